The molecule has 0 aliphatic carbocycles. The van der Waals surface area contributed by atoms with Gasteiger partial charge in [0.25, 0.3) is 0 Å². The van der Waals surface area contributed by atoms with Gasteiger partial charge in [-0.05, 0) is 32.1 Å². The second kappa shape index (κ2) is 6.12. The highest BCUT2D eigenvalue weighted by atomic mass is 35.5. The smallest absolute Gasteiger partial charge is 0.156 e. The fraction of sp³-hybridized carbons (Fsp3) is 0.400. The van der Waals surface area contributed by atoms with Crippen molar-refractivity contribution in [3.8, 4) is 5.75 Å². The summed E-state index contributed by atoms with van der Waals surface area (Å²) in [7, 11) is 1.91. The van der Waals surface area contributed by atoms with Crippen LogP contribution in [0.5, 0.6) is 5.75 Å². The topological polar surface area (TPSA) is 21.3 Å². The summed E-state index contributed by atoms with van der Waals surface area (Å²) in [5.41, 5.74) is 0. The minimum Gasteiger partial charge on any atom is -0.490 e. The van der Waals surface area contributed by atoms with Crippen LogP contribution in [-0.4, -0.2) is 20.2 Å². The van der Waals surface area contributed by atoms with Crippen molar-refractivity contribution in [1.82, 2.24) is 5.32 Å². The summed E-state index contributed by atoms with van der Waals surface area (Å²) in [6, 6.07) is 5.33. The van der Waals surface area contributed by atoms with E-state index in [-0.39, 0.29) is 0 Å². The summed E-state index contributed by atoms with van der Waals surface area (Å²) in [5, 5.41) is 4.15. The van der Waals surface area contributed by atoms with Crippen LogP contribution in [0.1, 0.15) is 6.42 Å². The van der Waals surface area contributed by atoms with Gasteiger partial charge in [-0.25, -0.2) is 0 Å². The van der Waals surface area contributed by atoms with Gasteiger partial charge < -0.3 is 10.1 Å². The molecule has 0 aliphatic rings. The lowest BCUT2D eigenvalue weighted by Gasteiger charge is -2.09. The van der Waals surface area contributed by atoms with E-state index >= 15 is 0 Å². The van der Waals surface area contributed by atoms with Crippen LogP contribution in [0.25, 0.3) is 0 Å². The van der Waals surface area contributed by atoms with Crippen molar-refractivity contribution in [2.45, 2.75) is 6.42 Å². The molecule has 0 fully saturated rings. The summed E-state index contributed by atoms with van der Waals surface area (Å²) in [6.07, 6.45) is 0.929. The molecule has 1 aromatic rings. The van der Waals surface area contributed by atoms with Gasteiger partial charge in [0.05, 0.1) is 16.7 Å². The summed E-state index contributed by atoms with van der Waals surface area (Å²) < 4.78 is 5.47. The number of benzene rings is 1. The molecule has 0 unspecified atom stereocenters. The van der Waals surface area contributed by atoms with Crippen LogP contribution in [0, 0.1) is 0 Å². The zero-order chi connectivity index (χ0) is 10.4. The van der Waals surface area contributed by atoms with Gasteiger partial charge in [-0.3, -0.25) is 0 Å². The maximum atomic E-state index is 5.92. The number of halogens is 2. The lowest BCUT2D eigenvalue weighted by atomic mass is 10.3. The van der Waals surface area contributed by atoms with Gasteiger partial charge in [0, 0.05) is 0 Å². The molecule has 1 aromatic carbocycles. The monoisotopic (exact) mass is 233 g/mol. The van der Waals surface area contributed by atoms with Crippen molar-refractivity contribution in [2.75, 3.05) is 20.2 Å². The first-order valence-electron chi connectivity index (χ1n) is 4.47. The number of rotatable bonds is 5. The van der Waals surface area contributed by atoms with Crippen molar-refractivity contribution in [3.63, 3.8) is 0 Å². The normalized spacial score (nSPS) is 10.2. The first-order chi connectivity index (χ1) is 6.75. The predicted molar refractivity (Wildman–Crippen MR) is 60.5 cm³/mol. The molecule has 0 heterocycles. The minimum atomic E-state index is 0.557. The number of hydrogen-bond acceptors (Lipinski definition) is 2. The van der Waals surface area contributed by atoms with E-state index in [1.165, 1.54) is 0 Å². The Labute approximate surface area is 94.2 Å². The first-order valence-corrected chi connectivity index (χ1v) is 5.22. The van der Waals surface area contributed by atoms with E-state index in [1.807, 2.05) is 7.05 Å². The van der Waals surface area contributed by atoms with Gasteiger partial charge in [0.15, 0.2) is 5.75 Å². The molecular weight excluding hydrogens is 221 g/mol. The predicted octanol–water partition coefficient (Wildman–Crippen LogP) is 2.98. The molecule has 0 radical (unpaired) electrons. The van der Waals surface area contributed by atoms with E-state index in [0.717, 1.165) is 13.0 Å². The molecule has 78 valence electrons. The Morgan fingerprint density at radius 2 is 1.93 bits per heavy atom. The van der Waals surface area contributed by atoms with Crippen LogP contribution < -0.4 is 10.1 Å². The zero-order valence-corrected chi connectivity index (χ0v) is 9.53. The van der Waals surface area contributed by atoms with Crippen molar-refractivity contribution < 1.29 is 4.74 Å². The third kappa shape index (κ3) is 3.37. The average Bonchev–Trinajstić information content (AvgIpc) is 2.16. The van der Waals surface area contributed by atoms with Gasteiger partial charge in [-0.15, -0.1) is 0 Å². The highest BCUT2D eigenvalue weighted by Crippen LogP contribution is 2.32. The Balaban J connectivity index is 2.49. The van der Waals surface area contributed by atoms with Crippen LogP contribution in [0.15, 0.2) is 18.2 Å². The Kier molecular flexibility index (Phi) is 5.09. The summed E-state index contributed by atoms with van der Waals surface area (Å²) in [4.78, 5) is 0. The molecule has 0 bridgehead atoms. The maximum Gasteiger partial charge on any atom is 0.156 e. The molecule has 4 heteroatoms. The molecule has 0 aromatic heterocycles. The Morgan fingerprint density at radius 1 is 1.29 bits per heavy atom. The van der Waals surface area contributed by atoms with Crippen LogP contribution in [-0.2, 0) is 0 Å². The average molecular weight is 234 g/mol. The molecule has 0 amide bonds. The van der Waals surface area contributed by atoms with Crippen molar-refractivity contribution >= 4 is 23.2 Å². The highest BCUT2D eigenvalue weighted by Gasteiger charge is 2.05. The second-order valence-corrected chi connectivity index (χ2v) is 3.67. The fourth-order valence-electron chi connectivity index (χ4n) is 1.04. The molecule has 1 rings (SSSR count). The molecule has 2 nitrogen and oxygen atoms in total. The first kappa shape index (κ1) is 11.6. The Morgan fingerprint density at radius 3 is 2.50 bits per heavy atom. The van der Waals surface area contributed by atoms with Gasteiger partial charge in [0.2, 0.25) is 0 Å². The van der Waals surface area contributed by atoms with Crippen LogP contribution >= 0.6 is 23.2 Å². The molecule has 14 heavy (non-hydrogen) atoms. The molecule has 0 atom stereocenters. The molecule has 0 spiro atoms. The van der Waals surface area contributed by atoms with Gasteiger partial charge >= 0.3 is 0 Å². The zero-order valence-electron chi connectivity index (χ0n) is 8.02. The van der Waals surface area contributed by atoms with E-state index in [9.17, 15) is 0 Å². The van der Waals surface area contributed by atoms with Crippen molar-refractivity contribution in [2.24, 2.45) is 0 Å². The summed E-state index contributed by atoms with van der Waals surface area (Å²) in [6.45, 7) is 1.53. The van der Waals surface area contributed by atoms with Crippen molar-refractivity contribution in [1.29, 1.82) is 0 Å². The molecule has 1 N–H and O–H groups in total. The lowest BCUT2D eigenvalue weighted by Crippen LogP contribution is -2.11. The Bertz CT molecular complexity index is 271. The third-order valence-corrected chi connectivity index (χ3v) is 2.33. The fourth-order valence-corrected chi connectivity index (χ4v) is 1.55. The highest BCUT2D eigenvalue weighted by molar-refractivity contribution is 6.37. The van der Waals surface area contributed by atoms with Crippen LogP contribution in [0.4, 0.5) is 0 Å². The lowest BCUT2D eigenvalue weighted by molar-refractivity contribution is 0.310. The minimum absolute atomic E-state index is 0.557. The van der Waals surface area contributed by atoms with E-state index in [0.29, 0.717) is 22.4 Å². The quantitative estimate of drug-likeness (QED) is 0.791. The van der Waals surface area contributed by atoms with E-state index in [2.05, 4.69) is 5.32 Å². The van der Waals surface area contributed by atoms with E-state index in [1.54, 1.807) is 18.2 Å². The number of ether oxygens (including phenoxy) is 1. The Hall–Kier alpha value is -0.440. The van der Waals surface area contributed by atoms with Crippen LogP contribution in [0.2, 0.25) is 10.0 Å². The molecule has 0 saturated heterocycles. The van der Waals surface area contributed by atoms with E-state index < -0.39 is 0 Å². The SMILES string of the molecule is CNCCCOc1c(Cl)cccc1Cl. The standard InChI is InChI=1S/C10H13Cl2NO/c1-13-6-3-7-14-10-8(11)4-2-5-9(10)12/h2,4-5,13H,3,6-7H2,1H3. The van der Waals surface area contributed by atoms with Gasteiger partial charge in [0.1, 0.15) is 0 Å². The maximum absolute atomic E-state index is 5.92. The number of para-hydroxylation sites is 1. The summed E-state index contributed by atoms with van der Waals surface area (Å²) in [5.74, 6) is 0.576. The number of nitrogens with one attached hydrogen (secondary N) is 1. The number of hydrogen-bond donors (Lipinski definition) is 1. The van der Waals surface area contributed by atoms with Crippen molar-refractivity contribution in [3.05, 3.63) is 28.2 Å². The molecular formula is C10H13Cl2NO. The van der Waals surface area contributed by atoms with Gasteiger partial charge in [-0.1, -0.05) is 29.3 Å². The van der Waals surface area contributed by atoms with Crippen LogP contribution in [0.3, 0.4) is 0 Å². The largest absolute Gasteiger partial charge is 0.490 e. The summed E-state index contributed by atoms with van der Waals surface area (Å²) >= 11 is 11.8. The molecule has 0 aliphatic heterocycles. The molecule has 0 saturated carbocycles. The second-order valence-electron chi connectivity index (χ2n) is 2.86. The van der Waals surface area contributed by atoms with Gasteiger partial charge in [-0.2, -0.15) is 0 Å². The van der Waals surface area contributed by atoms with E-state index in [4.69, 9.17) is 27.9 Å². The third-order valence-electron chi connectivity index (χ3n) is 1.74.